The van der Waals surface area contributed by atoms with Crippen molar-refractivity contribution in [2.75, 3.05) is 19.6 Å². The minimum atomic E-state index is 0. The van der Waals surface area contributed by atoms with Gasteiger partial charge < -0.3 is 15.2 Å². The number of hydrogen-bond donors (Lipinski definition) is 2. The average molecular weight is 517 g/mol. The lowest BCUT2D eigenvalue weighted by Gasteiger charge is -2.26. The number of aromatic nitrogens is 3. The Kier molecular flexibility index (Phi) is 11.3. The zero-order valence-corrected chi connectivity index (χ0v) is 20.8. The van der Waals surface area contributed by atoms with Gasteiger partial charge in [-0.05, 0) is 50.9 Å². The van der Waals surface area contributed by atoms with Crippen LogP contribution in [0.2, 0.25) is 0 Å². The van der Waals surface area contributed by atoms with Crippen LogP contribution in [0, 0.1) is 11.8 Å². The first-order valence-corrected chi connectivity index (χ1v) is 11.7. The average Bonchev–Trinajstić information content (AvgIpc) is 2.91. The van der Waals surface area contributed by atoms with Gasteiger partial charge in [-0.2, -0.15) is 0 Å². The van der Waals surface area contributed by atoms with Gasteiger partial charge in [-0.1, -0.05) is 32.6 Å². The van der Waals surface area contributed by atoms with Crippen molar-refractivity contribution in [3.05, 3.63) is 11.6 Å². The number of aryl methyl sites for hydroxylation is 2. The quantitative estimate of drug-likeness (QED) is 0.234. The number of aliphatic imine (C=N–C) groups is 1. The number of rotatable bonds is 8. The molecule has 7 heteroatoms. The number of fused-ring (bicyclic) bond motifs is 1. The molecule has 0 spiro atoms. The summed E-state index contributed by atoms with van der Waals surface area (Å²) in [5.74, 6) is 5.10. The van der Waals surface area contributed by atoms with Crippen molar-refractivity contribution < 1.29 is 0 Å². The van der Waals surface area contributed by atoms with Gasteiger partial charge in [0, 0.05) is 39.0 Å². The number of halogens is 1. The second-order valence-corrected chi connectivity index (χ2v) is 8.71. The molecule has 2 atom stereocenters. The van der Waals surface area contributed by atoms with E-state index < -0.39 is 0 Å². The molecule has 0 bridgehead atoms. The van der Waals surface area contributed by atoms with Crippen molar-refractivity contribution >= 4 is 29.9 Å². The van der Waals surface area contributed by atoms with Crippen LogP contribution in [0.15, 0.2) is 4.99 Å². The lowest BCUT2D eigenvalue weighted by molar-refractivity contribution is 0.270. The summed E-state index contributed by atoms with van der Waals surface area (Å²) >= 11 is 0. The van der Waals surface area contributed by atoms with Crippen molar-refractivity contribution in [2.45, 2.75) is 91.0 Å². The Labute approximate surface area is 194 Å². The Bertz CT molecular complexity index is 614. The molecule has 0 amide bonds. The van der Waals surface area contributed by atoms with Gasteiger partial charge in [0.1, 0.15) is 11.6 Å². The maximum Gasteiger partial charge on any atom is 0.191 e. The fourth-order valence-corrected chi connectivity index (χ4v) is 4.72. The van der Waals surface area contributed by atoms with Crippen molar-refractivity contribution in [3.63, 3.8) is 0 Å². The summed E-state index contributed by atoms with van der Waals surface area (Å²) in [4.78, 5) is 4.78. The predicted octanol–water partition coefficient (Wildman–Crippen LogP) is 4.33. The molecule has 1 aliphatic carbocycles. The van der Waals surface area contributed by atoms with E-state index in [1.165, 1.54) is 57.2 Å². The molecule has 1 aromatic heterocycles. The van der Waals surface area contributed by atoms with E-state index in [0.717, 1.165) is 69.1 Å². The number of guanidine groups is 1. The molecule has 3 rings (SSSR count). The Balaban J connectivity index is 0.00000300. The number of nitrogens with one attached hydrogen (secondary N) is 2. The van der Waals surface area contributed by atoms with Crippen molar-refractivity contribution in [1.82, 2.24) is 25.4 Å². The van der Waals surface area contributed by atoms with E-state index in [1.54, 1.807) is 0 Å². The van der Waals surface area contributed by atoms with Crippen LogP contribution >= 0.6 is 24.0 Å². The lowest BCUT2D eigenvalue weighted by atomic mass is 9.81. The third-order valence-electron chi connectivity index (χ3n) is 6.25. The van der Waals surface area contributed by atoms with E-state index in [1.807, 2.05) is 0 Å². The third kappa shape index (κ3) is 8.06. The van der Waals surface area contributed by atoms with Crippen LogP contribution < -0.4 is 10.6 Å². The normalized spacial score (nSPS) is 22.3. The monoisotopic (exact) mass is 516 g/mol. The van der Waals surface area contributed by atoms with Gasteiger partial charge in [-0.15, -0.1) is 34.2 Å². The summed E-state index contributed by atoms with van der Waals surface area (Å²) < 4.78 is 2.35. The highest BCUT2D eigenvalue weighted by Gasteiger charge is 2.18. The Morgan fingerprint density at radius 2 is 2.03 bits per heavy atom. The SMILES string of the molecule is CCNC(=NCCCc1nnc2n1CCCCC2)NCCC1CCCC(C)C1.I. The zero-order valence-electron chi connectivity index (χ0n) is 18.5. The molecule has 1 aliphatic heterocycles. The first-order valence-electron chi connectivity index (χ1n) is 11.7. The van der Waals surface area contributed by atoms with Crippen LogP contribution in [0.3, 0.4) is 0 Å². The van der Waals surface area contributed by atoms with Gasteiger partial charge in [0.2, 0.25) is 0 Å². The highest BCUT2D eigenvalue weighted by molar-refractivity contribution is 14.0. The van der Waals surface area contributed by atoms with E-state index in [2.05, 4.69) is 39.2 Å². The lowest BCUT2D eigenvalue weighted by Crippen LogP contribution is -2.38. The van der Waals surface area contributed by atoms with Crippen LogP contribution in [-0.2, 0) is 19.4 Å². The molecule has 0 saturated heterocycles. The highest BCUT2D eigenvalue weighted by atomic mass is 127. The Morgan fingerprint density at radius 3 is 2.86 bits per heavy atom. The number of nitrogens with zero attached hydrogens (tertiary/aromatic N) is 4. The summed E-state index contributed by atoms with van der Waals surface area (Å²) in [6.07, 6.45) is 13.8. The molecule has 2 aliphatic rings. The standard InChI is InChI=1S/C22H40N6.HI/c1-3-23-22(25-15-13-19-10-7-9-18(2)17-19)24-14-8-12-21-27-26-20-11-5-4-6-16-28(20)21;/h18-19H,3-17H2,1-2H3,(H2,23,24,25);1H. The maximum absolute atomic E-state index is 4.78. The van der Waals surface area contributed by atoms with Crippen LogP contribution in [-0.4, -0.2) is 40.4 Å². The van der Waals surface area contributed by atoms with Crippen LogP contribution in [0.5, 0.6) is 0 Å². The second kappa shape index (κ2) is 13.4. The molecule has 0 radical (unpaired) electrons. The largest absolute Gasteiger partial charge is 0.357 e. The molecule has 1 fully saturated rings. The molecule has 2 heterocycles. The van der Waals surface area contributed by atoms with Gasteiger partial charge in [0.05, 0.1) is 0 Å². The minimum Gasteiger partial charge on any atom is -0.357 e. The van der Waals surface area contributed by atoms with Crippen LogP contribution in [0.4, 0.5) is 0 Å². The molecule has 1 saturated carbocycles. The molecule has 2 N–H and O–H groups in total. The molecular weight excluding hydrogens is 475 g/mol. The fraction of sp³-hybridized carbons (Fsp3) is 0.864. The van der Waals surface area contributed by atoms with E-state index in [9.17, 15) is 0 Å². The molecule has 166 valence electrons. The first-order chi connectivity index (χ1) is 13.8. The summed E-state index contributed by atoms with van der Waals surface area (Å²) in [5.41, 5.74) is 0. The summed E-state index contributed by atoms with van der Waals surface area (Å²) in [7, 11) is 0. The number of hydrogen-bond acceptors (Lipinski definition) is 3. The van der Waals surface area contributed by atoms with E-state index in [-0.39, 0.29) is 24.0 Å². The Morgan fingerprint density at radius 1 is 1.14 bits per heavy atom. The van der Waals surface area contributed by atoms with Crippen molar-refractivity contribution in [2.24, 2.45) is 16.8 Å². The first kappa shape index (κ1) is 24.4. The summed E-state index contributed by atoms with van der Waals surface area (Å²) in [6, 6.07) is 0. The molecular formula is C22H41IN6. The predicted molar refractivity (Wildman–Crippen MR) is 131 cm³/mol. The molecule has 2 unspecified atom stereocenters. The third-order valence-corrected chi connectivity index (χ3v) is 6.25. The van der Waals surface area contributed by atoms with E-state index in [0.29, 0.717) is 0 Å². The highest BCUT2D eigenvalue weighted by Crippen LogP contribution is 2.30. The van der Waals surface area contributed by atoms with Gasteiger partial charge >= 0.3 is 0 Å². The second-order valence-electron chi connectivity index (χ2n) is 8.71. The Hall–Kier alpha value is -0.860. The molecule has 29 heavy (non-hydrogen) atoms. The summed E-state index contributed by atoms with van der Waals surface area (Å²) in [5, 5.41) is 15.8. The van der Waals surface area contributed by atoms with E-state index in [4.69, 9.17) is 4.99 Å². The van der Waals surface area contributed by atoms with Gasteiger partial charge in [0.15, 0.2) is 5.96 Å². The minimum absolute atomic E-state index is 0. The summed E-state index contributed by atoms with van der Waals surface area (Å²) in [6.45, 7) is 8.39. The van der Waals surface area contributed by atoms with Gasteiger partial charge in [-0.3, -0.25) is 4.99 Å². The zero-order chi connectivity index (χ0) is 19.6. The maximum atomic E-state index is 4.78. The molecule has 6 nitrogen and oxygen atoms in total. The smallest absolute Gasteiger partial charge is 0.191 e. The molecule has 0 aromatic carbocycles. The van der Waals surface area contributed by atoms with Crippen LogP contribution in [0.1, 0.15) is 83.3 Å². The molecule has 1 aromatic rings. The van der Waals surface area contributed by atoms with Gasteiger partial charge in [0.25, 0.3) is 0 Å². The van der Waals surface area contributed by atoms with Gasteiger partial charge in [-0.25, -0.2) is 0 Å². The van der Waals surface area contributed by atoms with Crippen molar-refractivity contribution in [1.29, 1.82) is 0 Å². The van der Waals surface area contributed by atoms with E-state index >= 15 is 0 Å². The fourth-order valence-electron chi connectivity index (χ4n) is 4.72. The van der Waals surface area contributed by atoms with Crippen LogP contribution in [0.25, 0.3) is 0 Å². The topological polar surface area (TPSA) is 67.1 Å². The van der Waals surface area contributed by atoms with Crippen molar-refractivity contribution in [3.8, 4) is 0 Å².